The van der Waals surface area contributed by atoms with E-state index >= 15 is 0 Å². The predicted octanol–water partition coefficient (Wildman–Crippen LogP) is 2.83. The number of hydrogen-bond acceptors (Lipinski definition) is 5. The number of fused-ring (bicyclic) bond motifs is 1. The smallest absolute Gasteiger partial charge is 0.280 e. The van der Waals surface area contributed by atoms with Crippen LogP contribution in [0.2, 0.25) is 0 Å². The maximum absolute atomic E-state index is 12.8. The Bertz CT molecular complexity index is 865. The third-order valence-corrected chi connectivity index (χ3v) is 3.76. The van der Waals surface area contributed by atoms with Gasteiger partial charge in [-0.2, -0.15) is 0 Å². The standard InChI is InChI=1S/C18H15FN2O5/c19-14-4-1-12(2-5-14)7-8-20-18(22)6-3-13-9-16-17(26-11-25-16)10-15(13)21(23)24/h1-6,9-10H,7-8,11H2,(H,20,22)/b6-3+. The number of carbonyl (C=O) groups excluding carboxylic acids is 1. The number of nitrogens with zero attached hydrogens (tertiary/aromatic N) is 1. The summed E-state index contributed by atoms with van der Waals surface area (Å²) < 4.78 is 23.1. The van der Waals surface area contributed by atoms with Crippen LogP contribution in [0.3, 0.4) is 0 Å². The zero-order valence-electron chi connectivity index (χ0n) is 13.6. The van der Waals surface area contributed by atoms with Crippen LogP contribution in [0.4, 0.5) is 10.1 Å². The van der Waals surface area contributed by atoms with Crippen molar-refractivity contribution in [1.29, 1.82) is 0 Å². The van der Waals surface area contributed by atoms with Crippen molar-refractivity contribution in [3.05, 3.63) is 69.5 Å². The topological polar surface area (TPSA) is 90.7 Å². The highest BCUT2D eigenvalue weighted by molar-refractivity contribution is 5.92. The van der Waals surface area contributed by atoms with Gasteiger partial charge in [-0.15, -0.1) is 0 Å². The number of benzene rings is 2. The van der Waals surface area contributed by atoms with Crippen molar-refractivity contribution < 1.29 is 23.6 Å². The Morgan fingerprint density at radius 2 is 1.92 bits per heavy atom. The highest BCUT2D eigenvalue weighted by atomic mass is 19.1. The summed E-state index contributed by atoms with van der Waals surface area (Å²) in [5.74, 6) is -0.00492. The summed E-state index contributed by atoms with van der Waals surface area (Å²) in [5, 5.41) is 13.8. The first-order chi connectivity index (χ1) is 12.5. The van der Waals surface area contributed by atoms with Gasteiger partial charge in [0.25, 0.3) is 5.69 Å². The Balaban J connectivity index is 1.61. The number of amides is 1. The SMILES string of the molecule is O=C(/C=C/c1cc2c(cc1[N+](=O)[O-])OCO2)NCCc1ccc(F)cc1. The quantitative estimate of drug-likeness (QED) is 0.487. The van der Waals surface area contributed by atoms with E-state index in [-0.39, 0.29) is 29.8 Å². The average molecular weight is 358 g/mol. The maximum Gasteiger partial charge on any atom is 0.280 e. The second-order valence-electron chi connectivity index (χ2n) is 5.52. The number of hydrogen-bond donors (Lipinski definition) is 1. The summed E-state index contributed by atoms with van der Waals surface area (Å²) in [6.07, 6.45) is 3.12. The van der Waals surface area contributed by atoms with Crippen LogP contribution in [0.1, 0.15) is 11.1 Å². The van der Waals surface area contributed by atoms with E-state index in [0.717, 1.165) is 5.56 Å². The van der Waals surface area contributed by atoms with Gasteiger partial charge in [-0.05, 0) is 36.3 Å². The summed E-state index contributed by atoms with van der Waals surface area (Å²) in [6.45, 7) is 0.363. The molecular weight excluding hydrogens is 343 g/mol. The molecule has 0 saturated heterocycles. The number of nitro groups is 1. The second kappa shape index (κ2) is 7.64. The molecule has 134 valence electrons. The molecule has 0 bridgehead atoms. The van der Waals surface area contributed by atoms with Gasteiger partial charge in [-0.25, -0.2) is 4.39 Å². The Hall–Kier alpha value is -3.42. The minimum atomic E-state index is -0.548. The van der Waals surface area contributed by atoms with Crippen molar-refractivity contribution in [3.8, 4) is 11.5 Å². The molecule has 1 amide bonds. The van der Waals surface area contributed by atoms with E-state index in [4.69, 9.17) is 9.47 Å². The van der Waals surface area contributed by atoms with Gasteiger partial charge in [-0.1, -0.05) is 12.1 Å². The van der Waals surface area contributed by atoms with E-state index < -0.39 is 4.92 Å². The molecule has 2 aromatic rings. The van der Waals surface area contributed by atoms with Crippen LogP contribution < -0.4 is 14.8 Å². The molecule has 0 aliphatic carbocycles. The Morgan fingerprint density at radius 1 is 1.23 bits per heavy atom. The number of ether oxygens (including phenoxy) is 2. The number of rotatable bonds is 6. The summed E-state index contributed by atoms with van der Waals surface area (Å²) in [7, 11) is 0. The molecule has 1 aliphatic rings. The van der Waals surface area contributed by atoms with Crippen LogP contribution >= 0.6 is 0 Å². The minimum Gasteiger partial charge on any atom is -0.454 e. The molecule has 2 aromatic carbocycles. The van der Waals surface area contributed by atoms with Gasteiger partial charge >= 0.3 is 0 Å². The van der Waals surface area contributed by atoms with Crippen molar-refractivity contribution >= 4 is 17.7 Å². The van der Waals surface area contributed by atoms with Gasteiger partial charge in [0.05, 0.1) is 16.6 Å². The molecule has 0 fully saturated rings. The van der Waals surface area contributed by atoms with Crippen molar-refractivity contribution in [2.45, 2.75) is 6.42 Å². The van der Waals surface area contributed by atoms with E-state index in [9.17, 15) is 19.3 Å². The van der Waals surface area contributed by atoms with Gasteiger partial charge in [-0.3, -0.25) is 14.9 Å². The lowest BCUT2D eigenvalue weighted by Crippen LogP contribution is -2.23. The Morgan fingerprint density at radius 3 is 2.62 bits per heavy atom. The van der Waals surface area contributed by atoms with Gasteiger partial charge in [0.15, 0.2) is 11.5 Å². The van der Waals surface area contributed by atoms with E-state index in [1.807, 2.05) is 0 Å². The third kappa shape index (κ3) is 4.15. The molecule has 0 unspecified atom stereocenters. The highest BCUT2D eigenvalue weighted by Crippen LogP contribution is 2.38. The van der Waals surface area contributed by atoms with Crippen molar-refractivity contribution in [1.82, 2.24) is 5.32 Å². The largest absolute Gasteiger partial charge is 0.454 e. The number of halogens is 1. The summed E-state index contributed by atoms with van der Waals surface area (Å²) in [6, 6.07) is 8.74. The molecule has 0 radical (unpaired) electrons. The van der Waals surface area contributed by atoms with Gasteiger partial charge in [0.1, 0.15) is 5.82 Å². The monoisotopic (exact) mass is 358 g/mol. The van der Waals surface area contributed by atoms with Crippen LogP contribution in [0.25, 0.3) is 6.08 Å². The van der Waals surface area contributed by atoms with Crippen molar-refractivity contribution in [3.63, 3.8) is 0 Å². The highest BCUT2D eigenvalue weighted by Gasteiger charge is 2.22. The molecule has 1 N–H and O–H groups in total. The Kier molecular flexibility index (Phi) is 5.12. The molecule has 26 heavy (non-hydrogen) atoms. The number of nitrogens with one attached hydrogen (secondary N) is 1. The second-order valence-corrected chi connectivity index (χ2v) is 5.52. The fourth-order valence-electron chi connectivity index (χ4n) is 2.44. The van der Waals surface area contributed by atoms with Gasteiger partial charge in [0.2, 0.25) is 12.7 Å². The molecule has 0 spiro atoms. The van der Waals surface area contributed by atoms with Gasteiger partial charge in [0, 0.05) is 12.6 Å². The third-order valence-electron chi connectivity index (χ3n) is 3.76. The van der Waals surface area contributed by atoms with Crippen LogP contribution in [-0.4, -0.2) is 24.2 Å². The minimum absolute atomic E-state index is 0.00350. The van der Waals surface area contributed by atoms with Crippen molar-refractivity contribution in [2.75, 3.05) is 13.3 Å². The lowest BCUT2D eigenvalue weighted by atomic mass is 10.1. The van der Waals surface area contributed by atoms with Crippen molar-refractivity contribution in [2.24, 2.45) is 0 Å². The normalized spacial score (nSPS) is 12.3. The average Bonchev–Trinajstić information content (AvgIpc) is 3.08. The summed E-state index contributed by atoms with van der Waals surface area (Å²) in [4.78, 5) is 22.5. The first kappa shape index (κ1) is 17.4. The van der Waals surface area contributed by atoms with Crippen LogP contribution in [0.5, 0.6) is 11.5 Å². The molecule has 1 aliphatic heterocycles. The fraction of sp³-hybridized carbons (Fsp3) is 0.167. The number of nitro benzene ring substituents is 1. The fourth-order valence-corrected chi connectivity index (χ4v) is 2.44. The first-order valence-electron chi connectivity index (χ1n) is 7.81. The molecule has 1 heterocycles. The molecule has 3 rings (SSSR count). The molecule has 0 aromatic heterocycles. The van der Waals surface area contributed by atoms with E-state index in [2.05, 4.69) is 5.32 Å². The number of carbonyl (C=O) groups is 1. The molecular formula is C18H15FN2O5. The molecule has 8 heteroatoms. The molecule has 0 atom stereocenters. The van der Waals surface area contributed by atoms with E-state index in [0.29, 0.717) is 24.5 Å². The van der Waals surface area contributed by atoms with E-state index in [1.165, 1.54) is 36.4 Å². The predicted molar refractivity (Wildman–Crippen MR) is 91.4 cm³/mol. The lowest BCUT2D eigenvalue weighted by molar-refractivity contribution is -0.385. The van der Waals surface area contributed by atoms with Gasteiger partial charge < -0.3 is 14.8 Å². The van der Waals surface area contributed by atoms with Crippen LogP contribution in [0.15, 0.2) is 42.5 Å². The molecule has 0 saturated carbocycles. The summed E-state index contributed by atoms with van der Waals surface area (Å²) in [5.41, 5.74) is 0.958. The zero-order valence-corrected chi connectivity index (χ0v) is 13.6. The zero-order chi connectivity index (χ0) is 18.5. The lowest BCUT2D eigenvalue weighted by Gasteiger charge is -2.03. The van der Waals surface area contributed by atoms with Crippen LogP contribution in [0, 0.1) is 15.9 Å². The van der Waals surface area contributed by atoms with E-state index in [1.54, 1.807) is 12.1 Å². The Labute approximate surface area is 148 Å². The first-order valence-corrected chi connectivity index (χ1v) is 7.81. The van der Waals surface area contributed by atoms with Crippen LogP contribution in [-0.2, 0) is 11.2 Å². The molecule has 7 nitrogen and oxygen atoms in total. The maximum atomic E-state index is 12.8. The summed E-state index contributed by atoms with van der Waals surface area (Å²) >= 11 is 0.